The number of hydrogen-bond acceptors (Lipinski definition) is 5. The third kappa shape index (κ3) is 4.31. The fourth-order valence-corrected chi connectivity index (χ4v) is 4.71. The molecule has 8 heteroatoms. The number of nitrogens with zero attached hydrogens (tertiary/aromatic N) is 2. The number of likely N-dealkylation sites (tertiary alicyclic amines) is 1. The molecule has 1 aromatic carbocycles. The van der Waals surface area contributed by atoms with Crippen LogP contribution in [0.1, 0.15) is 37.3 Å². The van der Waals surface area contributed by atoms with Crippen LogP contribution in [0.25, 0.3) is 0 Å². The first-order valence-corrected chi connectivity index (χ1v) is 9.73. The minimum atomic E-state index is -3.77. The lowest BCUT2D eigenvalue weighted by Crippen LogP contribution is -2.44. The number of non-ortho nitro benzene ring substituents is 1. The number of nitro benzene ring substituents is 1. The van der Waals surface area contributed by atoms with Gasteiger partial charge >= 0.3 is 0 Å². The lowest BCUT2D eigenvalue weighted by molar-refractivity contribution is -0.385. The number of nitro groups is 1. The molecule has 2 rings (SSSR count). The topological polar surface area (TPSA) is 92.6 Å². The smallest absolute Gasteiger partial charge is 0.271 e. The molecule has 134 valence electrons. The number of rotatable bonds is 6. The van der Waals surface area contributed by atoms with E-state index in [0.717, 1.165) is 45.0 Å². The molecule has 0 atom stereocenters. The summed E-state index contributed by atoms with van der Waals surface area (Å²) in [7, 11) is -3.77. The first-order chi connectivity index (χ1) is 11.2. The third-order valence-electron chi connectivity index (χ3n) is 4.55. The van der Waals surface area contributed by atoms with Crippen LogP contribution in [0.5, 0.6) is 0 Å². The molecule has 1 N–H and O–H groups in total. The SMILES string of the molecule is CCCN1CCC(NS(=O)(=O)c2cc([N+](=O)[O-])cc(C)c2C)CC1. The van der Waals surface area contributed by atoms with Crippen molar-refractivity contribution < 1.29 is 13.3 Å². The van der Waals surface area contributed by atoms with Gasteiger partial charge in [0.05, 0.1) is 9.82 Å². The molecule has 7 nitrogen and oxygen atoms in total. The van der Waals surface area contributed by atoms with Crippen molar-refractivity contribution in [2.45, 2.75) is 51.0 Å². The third-order valence-corrected chi connectivity index (χ3v) is 6.20. The minimum Gasteiger partial charge on any atom is -0.303 e. The van der Waals surface area contributed by atoms with Gasteiger partial charge in [-0.2, -0.15) is 0 Å². The standard InChI is InChI=1S/C16H25N3O4S/c1-4-7-18-8-5-14(6-9-18)17-24(22,23)16-11-15(19(20)21)10-12(2)13(16)3/h10-11,14,17H,4-9H2,1-3H3. The predicted octanol–water partition coefficient (Wildman–Crippen LogP) is 2.36. The summed E-state index contributed by atoms with van der Waals surface area (Å²) in [4.78, 5) is 12.8. The van der Waals surface area contributed by atoms with Gasteiger partial charge in [0.15, 0.2) is 0 Å². The number of hydrogen-bond donors (Lipinski definition) is 1. The molecule has 1 heterocycles. The Bertz CT molecular complexity index is 710. The van der Waals surface area contributed by atoms with Crippen LogP contribution >= 0.6 is 0 Å². The zero-order chi connectivity index (χ0) is 17.9. The van der Waals surface area contributed by atoms with Gasteiger partial charge in [0, 0.05) is 18.2 Å². The molecule has 0 spiro atoms. The van der Waals surface area contributed by atoms with Crippen LogP contribution < -0.4 is 4.72 Å². The second-order valence-corrected chi connectivity index (χ2v) is 8.06. The second-order valence-electron chi connectivity index (χ2n) is 6.38. The van der Waals surface area contributed by atoms with E-state index >= 15 is 0 Å². The molecule has 1 aliphatic heterocycles. The van der Waals surface area contributed by atoms with Crippen LogP contribution in [0.2, 0.25) is 0 Å². The average molecular weight is 355 g/mol. The number of benzene rings is 1. The highest BCUT2D eigenvalue weighted by molar-refractivity contribution is 7.89. The Balaban J connectivity index is 2.18. The fraction of sp³-hybridized carbons (Fsp3) is 0.625. The largest absolute Gasteiger partial charge is 0.303 e. The van der Waals surface area contributed by atoms with E-state index in [1.807, 2.05) is 0 Å². The van der Waals surface area contributed by atoms with Gasteiger partial charge in [-0.05, 0) is 63.9 Å². The first-order valence-electron chi connectivity index (χ1n) is 8.25. The molecule has 0 radical (unpaired) electrons. The van der Waals surface area contributed by atoms with Crippen molar-refractivity contribution in [2.75, 3.05) is 19.6 Å². The van der Waals surface area contributed by atoms with Crippen molar-refractivity contribution in [3.05, 3.63) is 33.4 Å². The van der Waals surface area contributed by atoms with Crippen molar-refractivity contribution in [1.82, 2.24) is 9.62 Å². The van der Waals surface area contributed by atoms with Gasteiger partial charge in [-0.1, -0.05) is 6.92 Å². The van der Waals surface area contributed by atoms with Gasteiger partial charge in [0.1, 0.15) is 0 Å². The predicted molar refractivity (Wildman–Crippen MR) is 92.6 cm³/mol. The Labute approximate surface area is 143 Å². The first kappa shape index (κ1) is 18.8. The Hall–Kier alpha value is -1.51. The van der Waals surface area contributed by atoms with Gasteiger partial charge < -0.3 is 4.90 Å². The Morgan fingerprint density at radius 3 is 2.46 bits per heavy atom. The molecular weight excluding hydrogens is 330 g/mol. The minimum absolute atomic E-state index is 0.00480. The van der Waals surface area contributed by atoms with E-state index in [9.17, 15) is 18.5 Å². The molecule has 0 saturated carbocycles. The van der Waals surface area contributed by atoms with E-state index in [4.69, 9.17) is 0 Å². The van der Waals surface area contributed by atoms with E-state index in [-0.39, 0.29) is 16.6 Å². The fourth-order valence-electron chi connectivity index (χ4n) is 3.07. The molecule has 1 aliphatic rings. The average Bonchev–Trinajstić information content (AvgIpc) is 2.51. The number of aryl methyl sites for hydroxylation is 1. The maximum Gasteiger partial charge on any atom is 0.271 e. The molecule has 1 aromatic rings. The lowest BCUT2D eigenvalue weighted by Gasteiger charge is -2.32. The number of piperidine rings is 1. The summed E-state index contributed by atoms with van der Waals surface area (Å²) in [6, 6.07) is 2.43. The van der Waals surface area contributed by atoms with Crippen LogP contribution in [0.15, 0.2) is 17.0 Å². The zero-order valence-electron chi connectivity index (χ0n) is 14.4. The molecule has 0 aromatic heterocycles. The summed E-state index contributed by atoms with van der Waals surface area (Å²) >= 11 is 0. The van der Waals surface area contributed by atoms with Gasteiger partial charge in [-0.3, -0.25) is 10.1 Å². The van der Waals surface area contributed by atoms with Crippen molar-refractivity contribution in [2.24, 2.45) is 0 Å². The molecule has 0 unspecified atom stereocenters. The number of sulfonamides is 1. The highest BCUT2D eigenvalue weighted by Crippen LogP contribution is 2.26. The Morgan fingerprint density at radius 1 is 1.29 bits per heavy atom. The normalized spacial score (nSPS) is 17.1. The summed E-state index contributed by atoms with van der Waals surface area (Å²) in [5.74, 6) is 0. The van der Waals surface area contributed by atoms with Gasteiger partial charge in [0.2, 0.25) is 10.0 Å². The molecule has 0 aliphatic carbocycles. The summed E-state index contributed by atoms with van der Waals surface area (Å²) < 4.78 is 28.1. The van der Waals surface area contributed by atoms with Crippen molar-refractivity contribution in [3.63, 3.8) is 0 Å². The quantitative estimate of drug-likeness (QED) is 0.625. The van der Waals surface area contributed by atoms with E-state index < -0.39 is 14.9 Å². The van der Waals surface area contributed by atoms with E-state index in [1.54, 1.807) is 13.8 Å². The molecule has 1 saturated heterocycles. The molecule has 0 bridgehead atoms. The van der Waals surface area contributed by atoms with Crippen molar-refractivity contribution in [3.8, 4) is 0 Å². The van der Waals surface area contributed by atoms with Gasteiger partial charge in [-0.15, -0.1) is 0 Å². The lowest BCUT2D eigenvalue weighted by atomic mass is 10.1. The Morgan fingerprint density at radius 2 is 1.92 bits per heavy atom. The Kier molecular flexibility index (Phi) is 5.95. The second kappa shape index (κ2) is 7.58. The summed E-state index contributed by atoms with van der Waals surface area (Å²) in [6.07, 6.45) is 2.60. The maximum absolute atomic E-state index is 12.7. The van der Waals surface area contributed by atoms with Crippen LogP contribution in [0.3, 0.4) is 0 Å². The van der Waals surface area contributed by atoms with E-state index in [2.05, 4.69) is 16.5 Å². The monoisotopic (exact) mass is 355 g/mol. The van der Waals surface area contributed by atoms with Crippen LogP contribution in [-0.4, -0.2) is 43.9 Å². The van der Waals surface area contributed by atoms with Crippen LogP contribution in [0.4, 0.5) is 5.69 Å². The summed E-state index contributed by atoms with van der Waals surface area (Å²) in [5, 5.41) is 11.0. The van der Waals surface area contributed by atoms with E-state index in [0.29, 0.717) is 11.1 Å². The zero-order valence-corrected chi connectivity index (χ0v) is 15.2. The molecule has 0 amide bonds. The van der Waals surface area contributed by atoms with Gasteiger partial charge in [-0.25, -0.2) is 13.1 Å². The van der Waals surface area contributed by atoms with Crippen LogP contribution in [0, 0.1) is 24.0 Å². The van der Waals surface area contributed by atoms with Gasteiger partial charge in [0.25, 0.3) is 5.69 Å². The van der Waals surface area contributed by atoms with Crippen molar-refractivity contribution in [1.29, 1.82) is 0 Å². The molecular formula is C16H25N3O4S. The van der Waals surface area contributed by atoms with E-state index in [1.165, 1.54) is 6.07 Å². The number of nitrogens with one attached hydrogen (secondary N) is 1. The summed E-state index contributed by atoms with van der Waals surface area (Å²) in [6.45, 7) is 8.26. The summed E-state index contributed by atoms with van der Waals surface area (Å²) in [5.41, 5.74) is 0.954. The maximum atomic E-state index is 12.7. The van der Waals surface area contributed by atoms with Crippen LogP contribution in [-0.2, 0) is 10.0 Å². The van der Waals surface area contributed by atoms with Crippen molar-refractivity contribution >= 4 is 15.7 Å². The molecule has 1 fully saturated rings. The highest BCUT2D eigenvalue weighted by atomic mass is 32.2. The highest BCUT2D eigenvalue weighted by Gasteiger charge is 2.27. The molecule has 24 heavy (non-hydrogen) atoms.